The van der Waals surface area contributed by atoms with Crippen molar-refractivity contribution in [1.29, 1.82) is 0 Å². The summed E-state index contributed by atoms with van der Waals surface area (Å²) in [4.78, 5) is 0. The van der Waals surface area contributed by atoms with E-state index in [1.807, 2.05) is 0 Å². The van der Waals surface area contributed by atoms with Crippen LogP contribution in [0, 0.1) is 0 Å². The van der Waals surface area contributed by atoms with Crippen molar-refractivity contribution in [1.82, 2.24) is 9.62 Å². The molecule has 1 rings (SSSR count). The van der Waals surface area contributed by atoms with Crippen LogP contribution < -0.4 is 5.32 Å². The van der Waals surface area contributed by atoms with Gasteiger partial charge in [-0.1, -0.05) is 0 Å². The number of hydrogen-bond acceptors (Lipinski definition) is 4. The summed E-state index contributed by atoms with van der Waals surface area (Å²) in [6.07, 6.45) is 0. The fraction of sp³-hybridized carbons (Fsp3) is 1.00. The van der Waals surface area contributed by atoms with E-state index in [-0.39, 0.29) is 5.75 Å². The second kappa shape index (κ2) is 5.20. The van der Waals surface area contributed by atoms with Gasteiger partial charge in [0.1, 0.15) is 0 Å². The van der Waals surface area contributed by atoms with Gasteiger partial charge in [-0.3, -0.25) is 4.21 Å². The fourth-order valence-electron chi connectivity index (χ4n) is 1.26. The smallest absolute Gasteiger partial charge is 0.215 e. The van der Waals surface area contributed by atoms with Crippen molar-refractivity contribution in [3.05, 3.63) is 0 Å². The standard InChI is InChI=1S/C7H16N2O3S2/c1-8-2-7-14(11,12)9-3-5-13(10)6-4-9/h8H,2-7H2,1H3. The highest BCUT2D eigenvalue weighted by molar-refractivity contribution is 7.89. The average Bonchev–Trinajstić information content (AvgIpc) is 2.16. The Balaban J connectivity index is 2.51. The van der Waals surface area contributed by atoms with E-state index in [0.29, 0.717) is 31.1 Å². The normalized spacial score (nSPS) is 21.2. The molecule has 1 fully saturated rings. The number of hydrogen-bond donors (Lipinski definition) is 1. The minimum atomic E-state index is -3.13. The molecule has 1 aliphatic rings. The van der Waals surface area contributed by atoms with Crippen molar-refractivity contribution in [2.24, 2.45) is 0 Å². The first-order chi connectivity index (χ1) is 6.56. The molecule has 84 valence electrons. The molecular formula is C7H16N2O3S2. The van der Waals surface area contributed by atoms with E-state index in [1.165, 1.54) is 4.31 Å². The van der Waals surface area contributed by atoms with Crippen LogP contribution in [0.2, 0.25) is 0 Å². The lowest BCUT2D eigenvalue weighted by molar-refractivity contribution is 0.438. The van der Waals surface area contributed by atoms with Gasteiger partial charge in [-0.2, -0.15) is 0 Å². The molecule has 0 spiro atoms. The SMILES string of the molecule is CNCCS(=O)(=O)N1CCS(=O)CC1. The minimum Gasteiger partial charge on any atom is -0.319 e. The lowest BCUT2D eigenvalue weighted by Crippen LogP contribution is -2.43. The third kappa shape index (κ3) is 3.30. The molecule has 0 aromatic carbocycles. The van der Waals surface area contributed by atoms with Gasteiger partial charge in [0.25, 0.3) is 0 Å². The molecule has 0 aromatic rings. The lowest BCUT2D eigenvalue weighted by Gasteiger charge is -2.25. The van der Waals surface area contributed by atoms with Crippen LogP contribution in [0.15, 0.2) is 0 Å². The maximum atomic E-state index is 11.6. The fourth-order valence-corrected chi connectivity index (χ4v) is 4.00. The molecule has 1 saturated heterocycles. The van der Waals surface area contributed by atoms with Gasteiger partial charge < -0.3 is 5.32 Å². The van der Waals surface area contributed by atoms with E-state index < -0.39 is 20.8 Å². The van der Waals surface area contributed by atoms with Gasteiger partial charge in [-0.25, -0.2) is 12.7 Å². The molecule has 7 heteroatoms. The van der Waals surface area contributed by atoms with Gasteiger partial charge >= 0.3 is 0 Å². The van der Waals surface area contributed by atoms with E-state index in [0.717, 1.165) is 0 Å². The van der Waals surface area contributed by atoms with Crippen molar-refractivity contribution in [2.75, 3.05) is 43.9 Å². The highest BCUT2D eigenvalue weighted by Crippen LogP contribution is 2.06. The van der Waals surface area contributed by atoms with Crippen LogP contribution in [0.1, 0.15) is 0 Å². The summed E-state index contributed by atoms with van der Waals surface area (Å²) in [6, 6.07) is 0. The first kappa shape index (κ1) is 12.1. The van der Waals surface area contributed by atoms with Gasteiger partial charge in [0.15, 0.2) is 0 Å². The van der Waals surface area contributed by atoms with Crippen LogP contribution in [0.4, 0.5) is 0 Å². The van der Waals surface area contributed by atoms with Crippen molar-refractivity contribution >= 4 is 20.8 Å². The van der Waals surface area contributed by atoms with Crippen LogP contribution in [0.5, 0.6) is 0 Å². The van der Waals surface area contributed by atoms with Crippen LogP contribution in [-0.4, -0.2) is 60.9 Å². The molecule has 0 aromatic heterocycles. The summed E-state index contributed by atoms with van der Waals surface area (Å²) >= 11 is 0. The zero-order valence-electron chi connectivity index (χ0n) is 8.23. The number of sulfonamides is 1. The summed E-state index contributed by atoms with van der Waals surface area (Å²) in [6.45, 7) is 1.26. The minimum absolute atomic E-state index is 0.121. The number of rotatable bonds is 4. The van der Waals surface area contributed by atoms with Gasteiger partial charge in [0.2, 0.25) is 10.0 Å². The third-order valence-electron chi connectivity index (χ3n) is 2.14. The molecular weight excluding hydrogens is 224 g/mol. The summed E-state index contributed by atoms with van der Waals surface area (Å²) in [5.74, 6) is 1.06. The summed E-state index contributed by atoms with van der Waals surface area (Å²) in [5, 5.41) is 2.81. The first-order valence-corrected chi connectivity index (χ1v) is 7.63. The molecule has 0 saturated carbocycles. The van der Waals surface area contributed by atoms with E-state index in [2.05, 4.69) is 5.32 Å². The molecule has 1 N–H and O–H groups in total. The van der Waals surface area contributed by atoms with Crippen LogP contribution in [-0.2, 0) is 20.8 Å². The molecule has 0 atom stereocenters. The monoisotopic (exact) mass is 240 g/mol. The summed E-state index contributed by atoms with van der Waals surface area (Å²) in [5.41, 5.74) is 0. The van der Waals surface area contributed by atoms with Crippen LogP contribution >= 0.6 is 0 Å². The molecule has 1 heterocycles. The van der Waals surface area contributed by atoms with Crippen molar-refractivity contribution in [2.45, 2.75) is 0 Å². The molecule has 0 amide bonds. The molecule has 0 unspecified atom stereocenters. The molecule has 0 radical (unpaired) electrons. The van der Waals surface area contributed by atoms with E-state index in [9.17, 15) is 12.6 Å². The molecule has 14 heavy (non-hydrogen) atoms. The third-order valence-corrected chi connectivity index (χ3v) is 5.29. The van der Waals surface area contributed by atoms with Crippen molar-refractivity contribution in [3.63, 3.8) is 0 Å². The predicted molar refractivity (Wildman–Crippen MR) is 57.2 cm³/mol. The first-order valence-electron chi connectivity index (χ1n) is 4.53. The highest BCUT2D eigenvalue weighted by atomic mass is 32.2. The molecule has 5 nitrogen and oxygen atoms in total. The molecule has 0 bridgehead atoms. The summed E-state index contributed by atoms with van der Waals surface area (Å²) in [7, 11) is -2.23. The van der Waals surface area contributed by atoms with Crippen molar-refractivity contribution in [3.8, 4) is 0 Å². The predicted octanol–water partition coefficient (Wildman–Crippen LogP) is -1.40. The van der Waals surface area contributed by atoms with Gasteiger partial charge in [0, 0.05) is 41.9 Å². The topological polar surface area (TPSA) is 66.5 Å². The Kier molecular flexibility index (Phi) is 4.49. The highest BCUT2D eigenvalue weighted by Gasteiger charge is 2.25. The Morgan fingerprint density at radius 3 is 2.43 bits per heavy atom. The van der Waals surface area contributed by atoms with Crippen LogP contribution in [0.25, 0.3) is 0 Å². The average molecular weight is 240 g/mol. The zero-order chi connectivity index (χ0) is 10.6. The molecule has 1 aliphatic heterocycles. The Morgan fingerprint density at radius 1 is 1.36 bits per heavy atom. The Labute approximate surface area is 87.4 Å². The summed E-state index contributed by atoms with van der Waals surface area (Å²) < 4.78 is 35.7. The van der Waals surface area contributed by atoms with E-state index >= 15 is 0 Å². The van der Waals surface area contributed by atoms with Gasteiger partial charge in [-0.15, -0.1) is 0 Å². The number of nitrogens with one attached hydrogen (secondary N) is 1. The van der Waals surface area contributed by atoms with E-state index in [4.69, 9.17) is 0 Å². The quantitative estimate of drug-likeness (QED) is 0.656. The Morgan fingerprint density at radius 2 is 1.93 bits per heavy atom. The van der Waals surface area contributed by atoms with E-state index in [1.54, 1.807) is 7.05 Å². The number of nitrogens with zero attached hydrogens (tertiary/aromatic N) is 1. The largest absolute Gasteiger partial charge is 0.319 e. The Bertz CT molecular complexity index is 292. The van der Waals surface area contributed by atoms with Gasteiger partial charge in [-0.05, 0) is 7.05 Å². The maximum absolute atomic E-state index is 11.6. The Hall–Kier alpha value is 0.0200. The zero-order valence-corrected chi connectivity index (χ0v) is 9.86. The van der Waals surface area contributed by atoms with Crippen LogP contribution in [0.3, 0.4) is 0 Å². The van der Waals surface area contributed by atoms with Crippen molar-refractivity contribution < 1.29 is 12.6 Å². The second-order valence-electron chi connectivity index (χ2n) is 3.17. The second-order valence-corrected chi connectivity index (χ2v) is 6.95. The lowest BCUT2D eigenvalue weighted by atomic mass is 10.6. The maximum Gasteiger partial charge on any atom is 0.215 e. The van der Waals surface area contributed by atoms with Gasteiger partial charge in [0.05, 0.1) is 5.75 Å². The molecule has 0 aliphatic carbocycles.